The van der Waals surface area contributed by atoms with Gasteiger partial charge < -0.3 is 10.9 Å². The first-order valence-electron chi connectivity index (χ1n) is 6.23. The van der Waals surface area contributed by atoms with Crippen LogP contribution in [0.4, 0.5) is 10.1 Å². The van der Waals surface area contributed by atoms with Crippen molar-refractivity contribution in [3.8, 4) is 0 Å². The van der Waals surface area contributed by atoms with Crippen LogP contribution in [0.25, 0.3) is 0 Å². The number of rotatable bonds is 4. The van der Waals surface area contributed by atoms with Crippen molar-refractivity contribution >= 4 is 21.5 Å². The molecule has 1 aliphatic rings. The predicted octanol–water partition coefficient (Wildman–Crippen LogP) is 1.60. The van der Waals surface area contributed by atoms with Crippen LogP contribution in [0.3, 0.4) is 0 Å². The molecule has 0 spiro atoms. The molecule has 0 amide bonds. The van der Waals surface area contributed by atoms with Gasteiger partial charge >= 0.3 is 0 Å². The number of hydrogen-bond acceptors (Lipinski definition) is 4. The number of amidine groups is 1. The van der Waals surface area contributed by atoms with E-state index in [0.717, 1.165) is 25.0 Å². The zero-order valence-electron chi connectivity index (χ0n) is 10.7. The molecule has 8 heteroatoms. The van der Waals surface area contributed by atoms with Crippen molar-refractivity contribution in [2.24, 2.45) is 10.9 Å². The molecule has 0 aliphatic heterocycles. The first kappa shape index (κ1) is 14.6. The van der Waals surface area contributed by atoms with E-state index in [0.29, 0.717) is 12.8 Å². The third-order valence-corrected chi connectivity index (χ3v) is 5.21. The van der Waals surface area contributed by atoms with E-state index >= 15 is 0 Å². The molecule has 1 fully saturated rings. The third kappa shape index (κ3) is 3.01. The van der Waals surface area contributed by atoms with Crippen LogP contribution in [0.15, 0.2) is 23.4 Å². The van der Waals surface area contributed by atoms with E-state index < -0.39 is 21.1 Å². The Morgan fingerprint density at radius 3 is 2.65 bits per heavy atom. The summed E-state index contributed by atoms with van der Waals surface area (Å²) in [5.41, 5.74) is 5.55. The molecule has 0 unspecified atom stereocenters. The third-order valence-electron chi connectivity index (χ3n) is 3.36. The van der Waals surface area contributed by atoms with Crippen LogP contribution in [0, 0.1) is 5.82 Å². The lowest BCUT2D eigenvalue weighted by molar-refractivity contribution is 0.318. The summed E-state index contributed by atoms with van der Waals surface area (Å²) in [5.74, 6) is -0.955. The minimum absolute atomic E-state index is 0.00840. The zero-order chi connectivity index (χ0) is 14.8. The van der Waals surface area contributed by atoms with E-state index in [2.05, 4.69) is 9.88 Å². The normalized spacial score (nSPS) is 17.4. The summed E-state index contributed by atoms with van der Waals surface area (Å²) in [6.45, 7) is 0. The Morgan fingerprint density at radius 1 is 1.40 bits per heavy atom. The molecule has 0 aromatic heterocycles. The Hall–Kier alpha value is -1.83. The van der Waals surface area contributed by atoms with Gasteiger partial charge in [-0.15, -0.1) is 0 Å². The van der Waals surface area contributed by atoms with Crippen molar-refractivity contribution in [3.05, 3.63) is 29.6 Å². The summed E-state index contributed by atoms with van der Waals surface area (Å²) in [4.78, 5) is 0. The molecule has 2 rings (SSSR count). The van der Waals surface area contributed by atoms with Crippen molar-refractivity contribution in [3.63, 3.8) is 0 Å². The Balaban J connectivity index is 2.33. The van der Waals surface area contributed by atoms with Crippen LogP contribution in [-0.2, 0) is 10.0 Å². The Labute approximate surface area is 116 Å². The first-order valence-corrected chi connectivity index (χ1v) is 7.78. The number of benzene rings is 1. The maximum Gasteiger partial charge on any atom is 0.235 e. The molecule has 0 radical (unpaired) electrons. The van der Waals surface area contributed by atoms with Gasteiger partial charge in [0.2, 0.25) is 10.0 Å². The molecule has 0 bridgehead atoms. The highest BCUT2D eigenvalue weighted by molar-refractivity contribution is 7.93. The summed E-state index contributed by atoms with van der Waals surface area (Å²) >= 11 is 0. The molecule has 1 aromatic carbocycles. The molecule has 0 saturated heterocycles. The summed E-state index contributed by atoms with van der Waals surface area (Å²) in [6, 6.07) is 3.39. The van der Waals surface area contributed by atoms with Gasteiger partial charge in [-0.2, -0.15) is 0 Å². The van der Waals surface area contributed by atoms with Crippen molar-refractivity contribution in [2.45, 2.75) is 30.9 Å². The maximum absolute atomic E-state index is 13.2. The second-order valence-corrected chi connectivity index (χ2v) is 6.69. The molecular weight excluding hydrogens is 285 g/mol. The fourth-order valence-corrected chi connectivity index (χ4v) is 3.91. The highest BCUT2D eigenvalue weighted by atomic mass is 32.2. The van der Waals surface area contributed by atoms with E-state index in [-0.39, 0.29) is 17.1 Å². The van der Waals surface area contributed by atoms with Gasteiger partial charge in [0, 0.05) is 5.56 Å². The van der Waals surface area contributed by atoms with E-state index in [1.807, 2.05) is 0 Å². The maximum atomic E-state index is 13.2. The van der Waals surface area contributed by atoms with Crippen LogP contribution in [0.1, 0.15) is 31.2 Å². The Kier molecular flexibility index (Phi) is 4.12. The van der Waals surface area contributed by atoms with Crippen molar-refractivity contribution < 1.29 is 18.0 Å². The van der Waals surface area contributed by atoms with Crippen LogP contribution in [0.2, 0.25) is 0 Å². The largest absolute Gasteiger partial charge is 0.409 e. The minimum atomic E-state index is -3.55. The van der Waals surface area contributed by atoms with Gasteiger partial charge in [-0.25, -0.2) is 12.8 Å². The SMILES string of the molecule is N/C(=N/O)c1cc(F)ccc1NS(=O)(=O)C1CCCC1. The molecule has 0 atom stereocenters. The van der Waals surface area contributed by atoms with E-state index in [1.165, 1.54) is 6.07 Å². The fraction of sp³-hybridized carbons (Fsp3) is 0.417. The molecule has 1 saturated carbocycles. The number of nitrogens with one attached hydrogen (secondary N) is 1. The predicted molar refractivity (Wildman–Crippen MR) is 73.7 cm³/mol. The smallest absolute Gasteiger partial charge is 0.235 e. The Bertz CT molecular complexity index is 625. The average molecular weight is 301 g/mol. The molecule has 110 valence electrons. The van der Waals surface area contributed by atoms with Gasteiger partial charge in [0.15, 0.2) is 5.84 Å². The van der Waals surface area contributed by atoms with Gasteiger partial charge in [-0.3, -0.25) is 4.72 Å². The summed E-state index contributed by atoms with van der Waals surface area (Å²) in [5, 5.41) is 11.0. The Morgan fingerprint density at radius 2 is 2.05 bits per heavy atom. The van der Waals surface area contributed by atoms with E-state index in [4.69, 9.17) is 10.9 Å². The number of halogens is 1. The molecule has 0 heterocycles. The van der Waals surface area contributed by atoms with Gasteiger partial charge in [0.05, 0.1) is 10.9 Å². The zero-order valence-corrected chi connectivity index (χ0v) is 11.5. The quantitative estimate of drug-likeness (QED) is 0.340. The van der Waals surface area contributed by atoms with Crippen molar-refractivity contribution in [2.75, 3.05) is 4.72 Å². The lowest BCUT2D eigenvalue weighted by atomic mass is 10.1. The number of hydrogen-bond donors (Lipinski definition) is 3. The van der Waals surface area contributed by atoms with Gasteiger partial charge in [-0.05, 0) is 31.0 Å². The summed E-state index contributed by atoms with van der Waals surface area (Å²) in [7, 11) is -3.55. The van der Waals surface area contributed by atoms with Crippen LogP contribution >= 0.6 is 0 Å². The second kappa shape index (κ2) is 5.66. The lowest BCUT2D eigenvalue weighted by Crippen LogP contribution is -2.27. The number of nitrogens with two attached hydrogens (primary N) is 1. The fourth-order valence-electron chi connectivity index (χ4n) is 2.31. The van der Waals surface area contributed by atoms with Crippen LogP contribution in [-0.4, -0.2) is 24.7 Å². The standard InChI is InChI=1S/C12H16FN3O3S/c13-8-5-6-11(10(7-8)12(14)15-17)16-20(18,19)9-3-1-2-4-9/h5-7,9,16-17H,1-4H2,(H2,14,15). The number of anilines is 1. The molecule has 4 N–H and O–H groups in total. The van der Waals surface area contributed by atoms with Crippen LogP contribution in [0.5, 0.6) is 0 Å². The summed E-state index contributed by atoms with van der Waals surface area (Å²) < 4.78 is 40.0. The molecule has 1 aromatic rings. The number of nitrogens with zero attached hydrogens (tertiary/aromatic N) is 1. The van der Waals surface area contributed by atoms with E-state index in [9.17, 15) is 12.8 Å². The molecular formula is C12H16FN3O3S. The number of sulfonamides is 1. The average Bonchev–Trinajstić information content (AvgIpc) is 2.94. The molecule has 20 heavy (non-hydrogen) atoms. The molecule has 6 nitrogen and oxygen atoms in total. The summed E-state index contributed by atoms with van der Waals surface area (Å²) in [6.07, 6.45) is 2.97. The van der Waals surface area contributed by atoms with Gasteiger partial charge in [-0.1, -0.05) is 18.0 Å². The monoisotopic (exact) mass is 301 g/mol. The second-order valence-electron chi connectivity index (χ2n) is 4.73. The van der Waals surface area contributed by atoms with Crippen molar-refractivity contribution in [1.29, 1.82) is 0 Å². The topological polar surface area (TPSA) is 105 Å². The number of oxime groups is 1. The lowest BCUT2D eigenvalue weighted by Gasteiger charge is -2.15. The highest BCUT2D eigenvalue weighted by Crippen LogP contribution is 2.27. The van der Waals surface area contributed by atoms with Crippen molar-refractivity contribution in [1.82, 2.24) is 0 Å². The first-order chi connectivity index (χ1) is 9.44. The minimum Gasteiger partial charge on any atom is -0.409 e. The molecule has 1 aliphatic carbocycles. The van der Waals surface area contributed by atoms with Gasteiger partial charge in [0.1, 0.15) is 5.82 Å². The van der Waals surface area contributed by atoms with Gasteiger partial charge in [0.25, 0.3) is 0 Å². The highest BCUT2D eigenvalue weighted by Gasteiger charge is 2.29. The van der Waals surface area contributed by atoms with Crippen LogP contribution < -0.4 is 10.5 Å². The van der Waals surface area contributed by atoms with E-state index in [1.54, 1.807) is 0 Å².